The van der Waals surface area contributed by atoms with Gasteiger partial charge in [-0.15, -0.1) is 0 Å². The third-order valence-electron chi connectivity index (χ3n) is 3.90. The molecule has 3 aromatic rings. The van der Waals surface area contributed by atoms with E-state index in [1.54, 1.807) is 6.08 Å². The Morgan fingerprint density at radius 2 is 1.85 bits per heavy atom. The van der Waals surface area contributed by atoms with Gasteiger partial charge in [-0.3, -0.25) is 4.68 Å². The zero-order valence-electron chi connectivity index (χ0n) is 14.9. The van der Waals surface area contributed by atoms with Gasteiger partial charge in [0.2, 0.25) is 0 Å². The van der Waals surface area contributed by atoms with E-state index < -0.39 is 12.1 Å². The molecule has 0 bridgehead atoms. The molecule has 27 heavy (non-hydrogen) atoms. The molecular weight excluding hydrogens is 338 g/mol. The maximum absolute atomic E-state index is 11.8. The molecule has 5 heteroatoms. The fourth-order valence-corrected chi connectivity index (χ4v) is 2.63. The second-order valence-corrected chi connectivity index (χ2v) is 6.02. The molecule has 0 aliphatic carbocycles. The van der Waals surface area contributed by atoms with Crippen LogP contribution in [0.15, 0.2) is 72.9 Å². The minimum absolute atomic E-state index is 0.557. The van der Waals surface area contributed by atoms with E-state index in [0.29, 0.717) is 6.54 Å². The maximum Gasteiger partial charge on any atom is 0.332 e. The molecule has 1 unspecified atom stereocenters. The minimum atomic E-state index is -0.781. The van der Waals surface area contributed by atoms with Crippen LogP contribution < -0.4 is 0 Å². The number of hydrogen-bond donors (Lipinski definition) is 0. The van der Waals surface area contributed by atoms with E-state index >= 15 is 0 Å². The molecule has 1 atom stereocenters. The lowest BCUT2D eigenvalue weighted by Gasteiger charge is -2.01. The highest BCUT2D eigenvalue weighted by Crippen LogP contribution is 2.23. The average Bonchev–Trinajstić information content (AvgIpc) is 3.10. The molecule has 0 radical (unpaired) electrons. The van der Waals surface area contributed by atoms with Crippen LogP contribution in [0.1, 0.15) is 18.1 Å². The van der Waals surface area contributed by atoms with Crippen LogP contribution in [-0.4, -0.2) is 21.9 Å². The summed E-state index contributed by atoms with van der Waals surface area (Å²) in [6.45, 7) is 2.16. The Morgan fingerprint density at radius 3 is 2.52 bits per heavy atom. The summed E-state index contributed by atoms with van der Waals surface area (Å²) in [5.74, 6) is -0.557. The molecule has 0 aliphatic heterocycles. The fourth-order valence-electron chi connectivity index (χ4n) is 2.63. The van der Waals surface area contributed by atoms with Gasteiger partial charge < -0.3 is 4.74 Å². The highest BCUT2D eigenvalue weighted by atomic mass is 16.5. The number of rotatable bonds is 6. The molecule has 0 saturated carbocycles. The Morgan fingerprint density at radius 1 is 1.19 bits per heavy atom. The molecule has 1 aromatic heterocycles. The van der Waals surface area contributed by atoms with Crippen molar-refractivity contribution in [2.45, 2.75) is 19.6 Å². The van der Waals surface area contributed by atoms with E-state index in [4.69, 9.17) is 15.1 Å². The molecule has 0 amide bonds. The Hall–Kier alpha value is -3.65. The zero-order chi connectivity index (χ0) is 19.1. The molecule has 1 heterocycles. The number of esters is 1. The number of nitriles is 1. The van der Waals surface area contributed by atoms with Crippen molar-refractivity contribution in [2.24, 2.45) is 0 Å². The SMILES string of the molecule is CC(C#N)OC(=O)/C=C/c1cn(Cc2ccccc2)nc1-c1ccccc1. The molecule has 134 valence electrons. The highest BCUT2D eigenvalue weighted by molar-refractivity contribution is 5.88. The third-order valence-corrected chi connectivity index (χ3v) is 3.90. The van der Waals surface area contributed by atoms with Crippen molar-refractivity contribution in [3.63, 3.8) is 0 Å². The van der Waals surface area contributed by atoms with E-state index in [0.717, 1.165) is 22.4 Å². The Kier molecular flexibility index (Phi) is 5.80. The van der Waals surface area contributed by atoms with Gasteiger partial charge in [0.1, 0.15) is 6.07 Å². The standard InChI is InChI=1S/C22H19N3O2/c1-17(14-23)27-21(26)13-12-20-16-25(15-18-8-4-2-5-9-18)24-22(20)19-10-6-3-7-11-19/h2-13,16-17H,15H2,1H3/b13-12+. The average molecular weight is 357 g/mol. The van der Waals surface area contributed by atoms with Crippen molar-refractivity contribution in [1.82, 2.24) is 9.78 Å². The monoisotopic (exact) mass is 357 g/mol. The first kappa shape index (κ1) is 18.2. The first-order chi connectivity index (χ1) is 13.2. The number of nitrogens with zero attached hydrogens (tertiary/aromatic N) is 3. The third kappa shape index (κ3) is 4.93. The van der Waals surface area contributed by atoms with Gasteiger partial charge in [0.25, 0.3) is 0 Å². The summed E-state index contributed by atoms with van der Waals surface area (Å²) < 4.78 is 6.80. The fraction of sp³-hybridized carbons (Fsp3) is 0.136. The summed E-state index contributed by atoms with van der Waals surface area (Å²) in [6.07, 6.45) is 4.11. The maximum atomic E-state index is 11.8. The molecule has 5 nitrogen and oxygen atoms in total. The van der Waals surface area contributed by atoms with Gasteiger partial charge in [0.15, 0.2) is 6.10 Å². The quantitative estimate of drug-likeness (QED) is 0.493. The second kappa shape index (κ2) is 8.63. The molecule has 0 aliphatic rings. The summed E-state index contributed by atoms with van der Waals surface area (Å²) in [7, 11) is 0. The zero-order valence-corrected chi connectivity index (χ0v) is 14.9. The van der Waals surface area contributed by atoms with Crippen molar-refractivity contribution in [1.29, 1.82) is 5.26 Å². The van der Waals surface area contributed by atoms with Crippen LogP contribution in [0, 0.1) is 11.3 Å². The summed E-state index contributed by atoms with van der Waals surface area (Å²) in [5, 5.41) is 13.4. The Balaban J connectivity index is 1.89. The van der Waals surface area contributed by atoms with E-state index in [2.05, 4.69) is 0 Å². The van der Waals surface area contributed by atoms with Crippen molar-refractivity contribution in [3.05, 3.63) is 84.1 Å². The van der Waals surface area contributed by atoms with Gasteiger partial charge in [-0.2, -0.15) is 10.4 Å². The van der Waals surface area contributed by atoms with Crippen molar-refractivity contribution in [2.75, 3.05) is 0 Å². The molecule has 0 spiro atoms. The van der Waals surface area contributed by atoms with Gasteiger partial charge in [0.05, 0.1) is 12.2 Å². The van der Waals surface area contributed by atoms with E-state index in [-0.39, 0.29) is 0 Å². The smallest absolute Gasteiger partial charge is 0.332 e. The highest BCUT2D eigenvalue weighted by Gasteiger charge is 2.11. The normalized spacial score (nSPS) is 11.9. The molecule has 0 N–H and O–H groups in total. The van der Waals surface area contributed by atoms with Crippen molar-refractivity contribution < 1.29 is 9.53 Å². The topological polar surface area (TPSA) is 67.9 Å². The summed E-state index contributed by atoms with van der Waals surface area (Å²) in [5.41, 5.74) is 3.68. The predicted molar refractivity (Wildman–Crippen MR) is 103 cm³/mol. The number of carbonyl (C=O) groups excluding carboxylic acids is 1. The van der Waals surface area contributed by atoms with Crippen LogP contribution in [-0.2, 0) is 16.1 Å². The summed E-state index contributed by atoms with van der Waals surface area (Å²) in [6, 6.07) is 21.7. The second-order valence-electron chi connectivity index (χ2n) is 6.02. The van der Waals surface area contributed by atoms with Crippen LogP contribution in [0.3, 0.4) is 0 Å². The molecule has 2 aromatic carbocycles. The number of benzene rings is 2. The van der Waals surface area contributed by atoms with Crippen molar-refractivity contribution >= 4 is 12.0 Å². The lowest BCUT2D eigenvalue weighted by molar-refractivity contribution is -0.139. The lowest BCUT2D eigenvalue weighted by Crippen LogP contribution is -2.10. The Labute approximate surface area is 158 Å². The first-order valence-corrected chi connectivity index (χ1v) is 8.61. The number of aromatic nitrogens is 2. The molecule has 0 fully saturated rings. The van der Waals surface area contributed by atoms with Gasteiger partial charge in [-0.1, -0.05) is 60.7 Å². The lowest BCUT2D eigenvalue weighted by atomic mass is 10.1. The Bertz CT molecular complexity index is 970. The number of hydrogen-bond acceptors (Lipinski definition) is 4. The van der Waals surface area contributed by atoms with Crippen molar-refractivity contribution in [3.8, 4) is 17.3 Å². The predicted octanol–water partition coefficient (Wildman–Crippen LogP) is 4.07. The van der Waals surface area contributed by atoms with E-state index in [9.17, 15) is 4.79 Å². The first-order valence-electron chi connectivity index (χ1n) is 8.61. The molecule has 0 saturated heterocycles. The van der Waals surface area contributed by atoms with Crippen LogP contribution in [0.5, 0.6) is 0 Å². The van der Waals surface area contributed by atoms with Gasteiger partial charge in [-0.05, 0) is 18.6 Å². The summed E-state index contributed by atoms with van der Waals surface area (Å²) in [4.78, 5) is 11.8. The molecule has 3 rings (SSSR count). The molecular formula is C22H19N3O2. The van der Waals surface area contributed by atoms with Gasteiger partial charge >= 0.3 is 5.97 Å². The van der Waals surface area contributed by atoms with Crippen LogP contribution in [0.4, 0.5) is 0 Å². The summed E-state index contributed by atoms with van der Waals surface area (Å²) >= 11 is 0. The van der Waals surface area contributed by atoms with E-state index in [1.165, 1.54) is 13.0 Å². The number of carbonyl (C=O) groups is 1. The van der Waals surface area contributed by atoms with E-state index in [1.807, 2.05) is 77.6 Å². The van der Waals surface area contributed by atoms with Crippen LogP contribution >= 0.6 is 0 Å². The van der Waals surface area contributed by atoms with Gasteiger partial charge in [0, 0.05) is 23.4 Å². The van der Waals surface area contributed by atoms with Crippen LogP contribution in [0.2, 0.25) is 0 Å². The van der Waals surface area contributed by atoms with Crippen LogP contribution in [0.25, 0.3) is 17.3 Å². The largest absolute Gasteiger partial charge is 0.444 e. The van der Waals surface area contributed by atoms with Gasteiger partial charge in [-0.25, -0.2) is 4.79 Å². The minimum Gasteiger partial charge on any atom is -0.444 e. The number of ether oxygens (including phenoxy) is 1.